The Morgan fingerprint density at radius 3 is 2.04 bits per heavy atom. The zero-order chi connectivity index (χ0) is 19.1. The van der Waals surface area contributed by atoms with E-state index in [1.165, 1.54) is 43.3 Å². The summed E-state index contributed by atoms with van der Waals surface area (Å²) in [6.45, 7) is 1.39. The van der Waals surface area contributed by atoms with E-state index in [1.807, 2.05) is 0 Å². The fraction of sp³-hybridized carbons (Fsp3) is 0.211. The van der Waals surface area contributed by atoms with Crippen molar-refractivity contribution in [2.75, 3.05) is 5.32 Å². The minimum Gasteiger partial charge on any atom is -0.453 e. The molecular weight excluding hydrogens is 344 g/mol. The third kappa shape index (κ3) is 5.77. The summed E-state index contributed by atoms with van der Waals surface area (Å²) < 4.78 is 30.6. The van der Waals surface area contributed by atoms with Gasteiger partial charge in [0.2, 0.25) is 0 Å². The van der Waals surface area contributed by atoms with E-state index >= 15 is 0 Å². The molecule has 2 aromatic carbocycles. The normalized spacial score (nSPS) is 11.5. The Morgan fingerprint density at radius 2 is 1.46 bits per heavy atom. The quantitative estimate of drug-likeness (QED) is 0.605. The van der Waals surface area contributed by atoms with Crippen LogP contribution in [0, 0.1) is 11.6 Å². The Kier molecular flexibility index (Phi) is 6.54. The van der Waals surface area contributed by atoms with Crippen LogP contribution in [0.4, 0.5) is 14.5 Å². The van der Waals surface area contributed by atoms with E-state index < -0.39 is 29.6 Å². The van der Waals surface area contributed by atoms with Gasteiger partial charge in [0.15, 0.2) is 11.9 Å². The Hall–Kier alpha value is -3.09. The van der Waals surface area contributed by atoms with Crippen LogP contribution in [0.15, 0.2) is 48.5 Å². The maximum atomic E-state index is 12.8. The SMILES string of the molecule is C[C@@H](OC(=O)CCC(=O)c1ccc(F)cc1)C(=O)Nc1ccc(F)cc1. The molecule has 0 bridgehead atoms. The minimum absolute atomic E-state index is 0.114. The van der Waals surface area contributed by atoms with Crippen molar-refractivity contribution in [3.63, 3.8) is 0 Å². The molecule has 7 heteroatoms. The smallest absolute Gasteiger partial charge is 0.307 e. The average Bonchev–Trinajstić information content (AvgIpc) is 2.62. The van der Waals surface area contributed by atoms with Crippen LogP contribution in [0.1, 0.15) is 30.1 Å². The van der Waals surface area contributed by atoms with Crippen LogP contribution in [0.5, 0.6) is 0 Å². The molecule has 2 rings (SSSR count). The number of ketones is 1. The maximum Gasteiger partial charge on any atom is 0.307 e. The highest BCUT2D eigenvalue weighted by Crippen LogP contribution is 2.11. The highest BCUT2D eigenvalue weighted by atomic mass is 19.1. The Balaban J connectivity index is 1.79. The van der Waals surface area contributed by atoms with Crippen molar-refractivity contribution < 1.29 is 27.9 Å². The molecule has 2 aromatic rings. The van der Waals surface area contributed by atoms with Crippen molar-refractivity contribution in [3.05, 3.63) is 65.7 Å². The summed E-state index contributed by atoms with van der Waals surface area (Å²) in [7, 11) is 0. The number of hydrogen-bond donors (Lipinski definition) is 1. The number of benzene rings is 2. The molecule has 0 aliphatic rings. The molecular formula is C19H17F2NO4. The Morgan fingerprint density at radius 1 is 0.923 bits per heavy atom. The van der Waals surface area contributed by atoms with Crippen molar-refractivity contribution in [3.8, 4) is 0 Å². The summed E-state index contributed by atoms with van der Waals surface area (Å²) in [6, 6.07) is 10.1. The molecule has 0 saturated carbocycles. The van der Waals surface area contributed by atoms with Gasteiger partial charge in [0.05, 0.1) is 6.42 Å². The van der Waals surface area contributed by atoms with Crippen LogP contribution >= 0.6 is 0 Å². The van der Waals surface area contributed by atoms with Crippen molar-refractivity contribution in [1.29, 1.82) is 0 Å². The van der Waals surface area contributed by atoms with Gasteiger partial charge in [0.1, 0.15) is 11.6 Å². The summed E-state index contributed by atoms with van der Waals surface area (Å²) in [4.78, 5) is 35.6. The zero-order valence-electron chi connectivity index (χ0n) is 14.0. The van der Waals surface area contributed by atoms with E-state index in [4.69, 9.17) is 4.74 Å². The average molecular weight is 361 g/mol. The molecule has 26 heavy (non-hydrogen) atoms. The second-order valence-corrected chi connectivity index (χ2v) is 5.56. The van der Waals surface area contributed by atoms with E-state index in [1.54, 1.807) is 0 Å². The number of halogens is 2. The molecule has 0 saturated heterocycles. The number of nitrogens with one attached hydrogen (secondary N) is 1. The first kappa shape index (κ1) is 19.2. The molecule has 0 unspecified atom stereocenters. The Labute approximate surface area is 149 Å². The second kappa shape index (κ2) is 8.84. The lowest BCUT2D eigenvalue weighted by Gasteiger charge is -2.13. The van der Waals surface area contributed by atoms with Crippen LogP contribution in [-0.4, -0.2) is 23.8 Å². The highest BCUT2D eigenvalue weighted by molar-refractivity contribution is 5.98. The summed E-state index contributed by atoms with van der Waals surface area (Å²) in [6.07, 6.45) is -1.39. The van der Waals surface area contributed by atoms with E-state index in [0.29, 0.717) is 11.3 Å². The van der Waals surface area contributed by atoms with Gasteiger partial charge in [-0.3, -0.25) is 14.4 Å². The number of carbonyl (C=O) groups excluding carboxylic acids is 3. The predicted molar refractivity (Wildman–Crippen MR) is 90.5 cm³/mol. The second-order valence-electron chi connectivity index (χ2n) is 5.56. The molecule has 136 valence electrons. The van der Waals surface area contributed by atoms with Crippen molar-refractivity contribution in [2.45, 2.75) is 25.9 Å². The molecule has 0 fully saturated rings. The summed E-state index contributed by atoms with van der Waals surface area (Å²) >= 11 is 0. The molecule has 0 spiro atoms. The third-order valence-electron chi connectivity index (χ3n) is 3.51. The van der Waals surface area contributed by atoms with E-state index in [9.17, 15) is 23.2 Å². The standard InChI is InChI=1S/C19H17F2NO4/c1-12(19(25)22-16-8-6-15(21)7-9-16)26-18(24)11-10-17(23)13-2-4-14(20)5-3-13/h2-9,12H,10-11H2,1H3,(H,22,25)/t12-/m1/s1. The van der Waals surface area contributed by atoms with Gasteiger partial charge in [-0.1, -0.05) is 0 Å². The number of esters is 1. The van der Waals surface area contributed by atoms with Gasteiger partial charge < -0.3 is 10.1 Å². The van der Waals surface area contributed by atoms with Crippen LogP contribution in [0.2, 0.25) is 0 Å². The number of ether oxygens (including phenoxy) is 1. The lowest BCUT2D eigenvalue weighted by Crippen LogP contribution is -2.30. The predicted octanol–water partition coefficient (Wildman–Crippen LogP) is 3.50. The third-order valence-corrected chi connectivity index (χ3v) is 3.51. The molecule has 0 aliphatic heterocycles. The molecule has 1 N–H and O–H groups in total. The van der Waals surface area contributed by atoms with Crippen LogP contribution < -0.4 is 5.32 Å². The van der Waals surface area contributed by atoms with Gasteiger partial charge >= 0.3 is 5.97 Å². The summed E-state index contributed by atoms with van der Waals surface area (Å²) in [5, 5.41) is 2.48. The zero-order valence-corrected chi connectivity index (χ0v) is 14.0. The van der Waals surface area contributed by atoms with Crippen molar-refractivity contribution in [1.82, 2.24) is 0 Å². The van der Waals surface area contributed by atoms with Gasteiger partial charge in [-0.25, -0.2) is 8.78 Å². The highest BCUT2D eigenvalue weighted by Gasteiger charge is 2.19. The number of hydrogen-bond acceptors (Lipinski definition) is 4. The number of Topliss-reactive ketones (excluding diaryl/α,β-unsaturated/α-hetero) is 1. The molecule has 0 heterocycles. The minimum atomic E-state index is -1.08. The fourth-order valence-corrected chi connectivity index (χ4v) is 2.08. The van der Waals surface area contributed by atoms with Gasteiger partial charge in [-0.2, -0.15) is 0 Å². The van der Waals surface area contributed by atoms with Crippen molar-refractivity contribution >= 4 is 23.3 Å². The lowest BCUT2D eigenvalue weighted by atomic mass is 10.1. The first-order chi connectivity index (χ1) is 12.3. The molecule has 5 nitrogen and oxygen atoms in total. The van der Waals surface area contributed by atoms with Gasteiger partial charge in [-0.15, -0.1) is 0 Å². The van der Waals surface area contributed by atoms with Crippen LogP contribution in [-0.2, 0) is 14.3 Å². The first-order valence-electron chi connectivity index (χ1n) is 7.90. The van der Waals surface area contributed by atoms with Gasteiger partial charge in [0, 0.05) is 17.7 Å². The largest absolute Gasteiger partial charge is 0.453 e. The van der Waals surface area contributed by atoms with E-state index in [-0.39, 0.29) is 18.6 Å². The number of anilines is 1. The van der Waals surface area contributed by atoms with Gasteiger partial charge in [-0.05, 0) is 55.5 Å². The summed E-state index contributed by atoms with van der Waals surface area (Å²) in [5.41, 5.74) is 0.659. The molecule has 1 atom stereocenters. The first-order valence-corrected chi connectivity index (χ1v) is 7.90. The summed E-state index contributed by atoms with van der Waals surface area (Å²) in [5.74, 6) is -2.50. The van der Waals surface area contributed by atoms with Gasteiger partial charge in [0.25, 0.3) is 5.91 Å². The maximum absolute atomic E-state index is 12.8. The lowest BCUT2D eigenvalue weighted by molar-refractivity contribution is -0.153. The monoisotopic (exact) mass is 361 g/mol. The van der Waals surface area contributed by atoms with Crippen LogP contribution in [0.3, 0.4) is 0 Å². The number of carbonyl (C=O) groups is 3. The molecule has 0 aromatic heterocycles. The molecule has 1 amide bonds. The molecule has 0 radical (unpaired) electrons. The number of amides is 1. The van der Waals surface area contributed by atoms with Crippen molar-refractivity contribution in [2.24, 2.45) is 0 Å². The van der Waals surface area contributed by atoms with E-state index in [2.05, 4.69) is 5.32 Å². The molecule has 0 aliphatic carbocycles. The number of rotatable bonds is 7. The topological polar surface area (TPSA) is 72.5 Å². The fourth-order valence-electron chi connectivity index (χ4n) is 2.08. The van der Waals surface area contributed by atoms with Crippen LogP contribution in [0.25, 0.3) is 0 Å². The van der Waals surface area contributed by atoms with E-state index in [0.717, 1.165) is 12.1 Å². The Bertz CT molecular complexity index is 788.